The number of para-hydroxylation sites is 1. The Morgan fingerprint density at radius 2 is 2.06 bits per heavy atom. The molecule has 0 bridgehead atoms. The van der Waals surface area contributed by atoms with Crippen molar-refractivity contribution in [1.29, 1.82) is 0 Å². The van der Waals surface area contributed by atoms with Gasteiger partial charge in [-0.05, 0) is 42.6 Å². The number of fused-ring (bicyclic) bond motifs is 1. The molecule has 172 valence electrons. The molecular formula is C23H25N5O4S. The third-order valence-corrected chi connectivity index (χ3v) is 5.99. The van der Waals surface area contributed by atoms with Crippen LogP contribution < -0.4 is 5.32 Å². The third kappa shape index (κ3) is 5.29. The van der Waals surface area contributed by atoms with Gasteiger partial charge in [0.15, 0.2) is 6.04 Å². The summed E-state index contributed by atoms with van der Waals surface area (Å²) < 4.78 is 12.4. The van der Waals surface area contributed by atoms with Gasteiger partial charge in [-0.15, -0.1) is 16.4 Å². The Morgan fingerprint density at radius 3 is 2.79 bits per heavy atom. The van der Waals surface area contributed by atoms with E-state index < -0.39 is 6.04 Å². The van der Waals surface area contributed by atoms with E-state index in [1.54, 1.807) is 30.8 Å². The summed E-state index contributed by atoms with van der Waals surface area (Å²) in [4.78, 5) is 29.4. The molecule has 0 unspecified atom stereocenters. The SMILES string of the molecule is COCCNC(=O)[C@H](c1ccc(C)o1)N(Cc1cccs1)C(=O)Cn1nnc2ccccc21. The van der Waals surface area contributed by atoms with E-state index >= 15 is 0 Å². The van der Waals surface area contributed by atoms with Gasteiger partial charge in [0.05, 0.1) is 18.7 Å². The molecule has 0 saturated heterocycles. The predicted molar refractivity (Wildman–Crippen MR) is 123 cm³/mol. The predicted octanol–water partition coefficient (Wildman–Crippen LogP) is 2.93. The number of hydrogen-bond donors (Lipinski definition) is 1. The number of ether oxygens (including phenoxy) is 1. The zero-order chi connectivity index (χ0) is 23.2. The number of methoxy groups -OCH3 is 1. The van der Waals surface area contributed by atoms with Crippen LogP contribution in [0.15, 0.2) is 58.3 Å². The molecule has 10 heteroatoms. The Bertz CT molecular complexity index is 1220. The normalized spacial score (nSPS) is 12.1. The molecule has 0 spiro atoms. The van der Waals surface area contributed by atoms with Gasteiger partial charge < -0.3 is 19.4 Å². The Hall–Kier alpha value is -3.50. The first kappa shape index (κ1) is 22.7. The molecule has 4 aromatic rings. The van der Waals surface area contributed by atoms with E-state index in [9.17, 15) is 9.59 Å². The van der Waals surface area contributed by atoms with E-state index in [1.165, 1.54) is 16.2 Å². The second kappa shape index (κ2) is 10.4. The summed E-state index contributed by atoms with van der Waals surface area (Å²) in [6, 6.07) is 13.8. The van der Waals surface area contributed by atoms with Crippen LogP contribution in [0.4, 0.5) is 0 Å². The van der Waals surface area contributed by atoms with Crippen molar-refractivity contribution < 1.29 is 18.7 Å². The molecule has 4 rings (SSSR count). The molecule has 1 N–H and O–H groups in total. The van der Waals surface area contributed by atoms with Crippen LogP contribution in [0.3, 0.4) is 0 Å². The number of aryl methyl sites for hydroxylation is 1. The molecule has 3 heterocycles. The Balaban J connectivity index is 1.67. The number of benzene rings is 1. The van der Waals surface area contributed by atoms with Gasteiger partial charge in [-0.2, -0.15) is 0 Å². The number of furan rings is 1. The van der Waals surface area contributed by atoms with E-state index in [-0.39, 0.29) is 24.9 Å². The molecule has 0 radical (unpaired) electrons. The molecule has 0 fully saturated rings. The summed E-state index contributed by atoms with van der Waals surface area (Å²) in [5.74, 6) is 0.441. The van der Waals surface area contributed by atoms with E-state index in [0.29, 0.717) is 30.2 Å². The van der Waals surface area contributed by atoms with Crippen molar-refractivity contribution in [2.75, 3.05) is 20.3 Å². The highest BCUT2D eigenvalue weighted by Crippen LogP contribution is 2.27. The highest BCUT2D eigenvalue weighted by Gasteiger charge is 2.34. The fourth-order valence-electron chi connectivity index (χ4n) is 3.54. The van der Waals surface area contributed by atoms with Crippen molar-refractivity contribution in [3.8, 4) is 0 Å². The number of thiophene rings is 1. The highest BCUT2D eigenvalue weighted by molar-refractivity contribution is 7.09. The summed E-state index contributed by atoms with van der Waals surface area (Å²) >= 11 is 1.52. The smallest absolute Gasteiger partial charge is 0.250 e. The molecule has 1 aromatic carbocycles. The maximum atomic E-state index is 13.6. The van der Waals surface area contributed by atoms with Crippen LogP contribution in [0.1, 0.15) is 22.4 Å². The van der Waals surface area contributed by atoms with Crippen molar-refractivity contribution in [2.24, 2.45) is 0 Å². The molecule has 1 atom stereocenters. The van der Waals surface area contributed by atoms with Crippen LogP contribution in [0, 0.1) is 6.92 Å². The number of nitrogens with zero attached hydrogens (tertiary/aromatic N) is 4. The average Bonchev–Trinajstić information content (AvgIpc) is 3.56. The lowest BCUT2D eigenvalue weighted by molar-refractivity contribution is -0.143. The summed E-state index contributed by atoms with van der Waals surface area (Å²) in [7, 11) is 1.56. The van der Waals surface area contributed by atoms with Gasteiger partial charge in [-0.25, -0.2) is 4.68 Å². The van der Waals surface area contributed by atoms with Crippen molar-refractivity contribution in [1.82, 2.24) is 25.2 Å². The van der Waals surface area contributed by atoms with E-state index in [0.717, 1.165) is 10.4 Å². The van der Waals surface area contributed by atoms with Gasteiger partial charge in [-0.3, -0.25) is 9.59 Å². The van der Waals surface area contributed by atoms with Gasteiger partial charge in [0.1, 0.15) is 23.6 Å². The number of carbonyl (C=O) groups excluding carboxylic acids is 2. The zero-order valence-electron chi connectivity index (χ0n) is 18.4. The van der Waals surface area contributed by atoms with Gasteiger partial charge in [0, 0.05) is 18.5 Å². The van der Waals surface area contributed by atoms with Gasteiger partial charge in [0.2, 0.25) is 5.91 Å². The molecule has 0 aliphatic heterocycles. The molecule has 0 aliphatic carbocycles. The van der Waals surface area contributed by atoms with Crippen molar-refractivity contribution in [2.45, 2.75) is 26.1 Å². The van der Waals surface area contributed by atoms with E-state index in [2.05, 4.69) is 15.6 Å². The minimum absolute atomic E-state index is 0.0621. The monoisotopic (exact) mass is 467 g/mol. The van der Waals surface area contributed by atoms with Gasteiger partial charge in [-0.1, -0.05) is 23.4 Å². The van der Waals surface area contributed by atoms with Crippen molar-refractivity contribution >= 4 is 34.2 Å². The molecule has 3 aromatic heterocycles. The van der Waals surface area contributed by atoms with Crippen molar-refractivity contribution in [3.05, 3.63) is 70.3 Å². The maximum Gasteiger partial charge on any atom is 0.250 e. The number of rotatable bonds is 10. The largest absolute Gasteiger partial charge is 0.464 e. The minimum atomic E-state index is -0.944. The van der Waals surface area contributed by atoms with Crippen molar-refractivity contribution in [3.63, 3.8) is 0 Å². The third-order valence-electron chi connectivity index (χ3n) is 5.13. The first-order valence-electron chi connectivity index (χ1n) is 10.5. The first-order valence-corrected chi connectivity index (χ1v) is 11.4. The summed E-state index contributed by atoms with van der Waals surface area (Å²) in [5, 5.41) is 13.1. The zero-order valence-corrected chi connectivity index (χ0v) is 19.2. The van der Waals surface area contributed by atoms with E-state index in [4.69, 9.17) is 9.15 Å². The van der Waals surface area contributed by atoms with Gasteiger partial charge in [0.25, 0.3) is 5.91 Å². The van der Waals surface area contributed by atoms with Crippen LogP contribution >= 0.6 is 11.3 Å². The summed E-state index contributed by atoms with van der Waals surface area (Å²) in [6.07, 6.45) is 0. The number of carbonyl (C=O) groups is 2. The Kier molecular flexibility index (Phi) is 7.16. The van der Waals surface area contributed by atoms with E-state index in [1.807, 2.05) is 41.8 Å². The number of nitrogens with one attached hydrogen (secondary N) is 1. The minimum Gasteiger partial charge on any atom is -0.464 e. The molecule has 2 amide bonds. The lowest BCUT2D eigenvalue weighted by Gasteiger charge is -2.29. The molecular weight excluding hydrogens is 442 g/mol. The van der Waals surface area contributed by atoms with Crippen LogP contribution in [-0.4, -0.2) is 52.0 Å². The Labute approximate surface area is 194 Å². The molecule has 9 nitrogen and oxygen atoms in total. The standard InChI is InChI=1S/C23H25N5O4S/c1-16-9-10-20(32-16)22(23(30)24-11-12-31-2)27(14-17-6-5-13-33-17)21(29)15-28-19-8-4-3-7-18(19)25-26-28/h3-10,13,22H,11-12,14-15H2,1-2H3,(H,24,30)/t22-/m0/s1. The number of aromatic nitrogens is 3. The van der Waals surface area contributed by atoms with Crippen LogP contribution in [-0.2, 0) is 27.4 Å². The van der Waals surface area contributed by atoms with Gasteiger partial charge >= 0.3 is 0 Å². The fraction of sp³-hybridized carbons (Fsp3) is 0.304. The van der Waals surface area contributed by atoms with Crippen LogP contribution in [0.25, 0.3) is 11.0 Å². The molecule has 33 heavy (non-hydrogen) atoms. The molecule has 0 aliphatic rings. The quantitative estimate of drug-likeness (QED) is 0.360. The summed E-state index contributed by atoms with van der Waals surface area (Å²) in [5.41, 5.74) is 1.45. The second-order valence-corrected chi connectivity index (χ2v) is 8.50. The topological polar surface area (TPSA) is 102 Å². The number of amides is 2. The maximum absolute atomic E-state index is 13.6. The summed E-state index contributed by atoms with van der Waals surface area (Å²) in [6.45, 7) is 2.68. The van der Waals surface area contributed by atoms with Crippen LogP contribution in [0.5, 0.6) is 0 Å². The second-order valence-electron chi connectivity index (χ2n) is 7.47. The average molecular weight is 468 g/mol. The lowest BCUT2D eigenvalue weighted by atomic mass is 10.1. The first-order chi connectivity index (χ1) is 16.1. The Morgan fingerprint density at radius 1 is 1.21 bits per heavy atom. The lowest BCUT2D eigenvalue weighted by Crippen LogP contribution is -2.45. The van der Waals surface area contributed by atoms with Crippen LogP contribution in [0.2, 0.25) is 0 Å². The molecule has 0 saturated carbocycles. The fourth-order valence-corrected chi connectivity index (χ4v) is 4.25. The number of hydrogen-bond acceptors (Lipinski definition) is 7. The highest BCUT2D eigenvalue weighted by atomic mass is 32.1.